The number of benzene rings is 1. The van der Waals surface area contributed by atoms with E-state index in [4.69, 9.17) is 4.74 Å². The molecule has 0 radical (unpaired) electrons. The molecule has 25 heavy (non-hydrogen) atoms. The Kier molecular flexibility index (Phi) is 5.55. The van der Waals surface area contributed by atoms with E-state index in [0.29, 0.717) is 12.5 Å². The molecule has 2 saturated heterocycles. The molecule has 1 aromatic rings. The lowest BCUT2D eigenvalue weighted by atomic mass is 9.71. The molecule has 2 aliphatic heterocycles. The molecule has 1 unspecified atom stereocenters. The van der Waals surface area contributed by atoms with Crippen molar-refractivity contribution in [1.82, 2.24) is 10.2 Å². The van der Waals surface area contributed by atoms with Gasteiger partial charge in [0, 0.05) is 32.7 Å². The Morgan fingerprint density at radius 2 is 2.04 bits per heavy atom. The number of piperidine rings is 1. The standard InChI is InChI=1S/C18H25F3N2O2/c1-24-12-15-11-23(13-17(15)5-7-22-8-6-17)10-14-3-2-4-16(9-14)25-18(19,20)21/h2-4,9,15,22H,5-8,10-13H2,1H3. The zero-order valence-electron chi connectivity index (χ0n) is 14.4. The van der Waals surface area contributed by atoms with Gasteiger partial charge in [0.1, 0.15) is 5.75 Å². The molecule has 0 amide bonds. The van der Waals surface area contributed by atoms with Crippen LogP contribution in [0.5, 0.6) is 5.75 Å². The average Bonchev–Trinajstić information content (AvgIpc) is 2.84. The number of alkyl halides is 3. The van der Waals surface area contributed by atoms with Crippen LogP contribution < -0.4 is 10.1 Å². The summed E-state index contributed by atoms with van der Waals surface area (Å²) in [5, 5.41) is 3.41. The summed E-state index contributed by atoms with van der Waals surface area (Å²) in [6, 6.07) is 6.27. The third kappa shape index (κ3) is 4.65. The largest absolute Gasteiger partial charge is 0.573 e. The lowest BCUT2D eigenvalue weighted by molar-refractivity contribution is -0.274. The third-order valence-corrected chi connectivity index (χ3v) is 5.39. The molecule has 1 aromatic carbocycles. The highest BCUT2D eigenvalue weighted by molar-refractivity contribution is 5.28. The van der Waals surface area contributed by atoms with Crippen molar-refractivity contribution >= 4 is 0 Å². The molecule has 1 N–H and O–H groups in total. The van der Waals surface area contributed by atoms with Crippen LogP contribution in [0.2, 0.25) is 0 Å². The molecule has 2 heterocycles. The molecule has 2 fully saturated rings. The molecule has 4 nitrogen and oxygen atoms in total. The summed E-state index contributed by atoms with van der Waals surface area (Å²) < 4.78 is 46.7. The number of nitrogens with one attached hydrogen (secondary N) is 1. The first-order valence-corrected chi connectivity index (χ1v) is 8.67. The first-order chi connectivity index (χ1) is 11.9. The Balaban J connectivity index is 1.68. The van der Waals surface area contributed by atoms with Gasteiger partial charge in [0.25, 0.3) is 0 Å². The molecule has 0 saturated carbocycles. The van der Waals surface area contributed by atoms with Crippen LogP contribution >= 0.6 is 0 Å². The minimum Gasteiger partial charge on any atom is -0.406 e. The van der Waals surface area contributed by atoms with Crippen molar-refractivity contribution in [2.75, 3.05) is 39.9 Å². The quantitative estimate of drug-likeness (QED) is 0.877. The molecule has 3 rings (SSSR count). The van der Waals surface area contributed by atoms with Gasteiger partial charge in [-0.05, 0) is 49.0 Å². The van der Waals surface area contributed by atoms with Crippen molar-refractivity contribution in [1.29, 1.82) is 0 Å². The summed E-state index contributed by atoms with van der Waals surface area (Å²) in [6.45, 7) is 5.27. The lowest BCUT2D eigenvalue weighted by Crippen LogP contribution is -2.43. The van der Waals surface area contributed by atoms with Gasteiger partial charge in [0.2, 0.25) is 0 Å². The van der Waals surface area contributed by atoms with Crippen molar-refractivity contribution in [3.05, 3.63) is 29.8 Å². The van der Waals surface area contributed by atoms with Crippen LogP contribution in [0.1, 0.15) is 18.4 Å². The molecule has 0 aromatic heterocycles. The second-order valence-electron chi connectivity index (χ2n) is 7.13. The number of ether oxygens (including phenoxy) is 2. The van der Waals surface area contributed by atoms with Gasteiger partial charge in [-0.2, -0.15) is 0 Å². The first-order valence-electron chi connectivity index (χ1n) is 8.67. The van der Waals surface area contributed by atoms with E-state index < -0.39 is 6.36 Å². The molecule has 7 heteroatoms. The highest BCUT2D eigenvalue weighted by atomic mass is 19.4. The average molecular weight is 358 g/mol. The summed E-state index contributed by atoms with van der Waals surface area (Å²) in [6.07, 6.45) is -2.42. The lowest BCUT2D eigenvalue weighted by Gasteiger charge is -2.38. The SMILES string of the molecule is COCC1CN(Cc2cccc(OC(F)(F)F)c2)CC12CCNCC2. The molecule has 140 valence electrons. The predicted octanol–water partition coefficient (Wildman–Crippen LogP) is 3.03. The summed E-state index contributed by atoms with van der Waals surface area (Å²) in [4.78, 5) is 2.34. The maximum absolute atomic E-state index is 12.4. The molecule has 1 atom stereocenters. The normalized spacial score (nSPS) is 23.9. The van der Waals surface area contributed by atoms with Crippen LogP contribution in [0.15, 0.2) is 24.3 Å². The fourth-order valence-electron chi connectivity index (χ4n) is 4.29. The summed E-state index contributed by atoms with van der Waals surface area (Å²) in [7, 11) is 1.73. The van der Waals surface area contributed by atoms with Crippen molar-refractivity contribution in [3.8, 4) is 5.75 Å². The van der Waals surface area contributed by atoms with E-state index in [1.54, 1.807) is 13.2 Å². The van der Waals surface area contributed by atoms with Crippen LogP contribution in [0.3, 0.4) is 0 Å². The minimum absolute atomic E-state index is 0.158. The molecular formula is C18H25F3N2O2. The van der Waals surface area contributed by atoms with Gasteiger partial charge in [-0.15, -0.1) is 13.2 Å². The van der Waals surface area contributed by atoms with Gasteiger partial charge in [-0.1, -0.05) is 12.1 Å². The van der Waals surface area contributed by atoms with E-state index in [9.17, 15) is 13.2 Å². The van der Waals surface area contributed by atoms with E-state index in [1.165, 1.54) is 12.1 Å². The number of likely N-dealkylation sites (tertiary alicyclic amines) is 1. The maximum Gasteiger partial charge on any atom is 0.573 e. The second kappa shape index (κ2) is 7.51. The Bertz CT molecular complexity index is 574. The van der Waals surface area contributed by atoms with E-state index in [2.05, 4.69) is 15.0 Å². The maximum atomic E-state index is 12.4. The van der Waals surface area contributed by atoms with Gasteiger partial charge in [-0.25, -0.2) is 0 Å². The van der Waals surface area contributed by atoms with Gasteiger partial charge < -0.3 is 14.8 Å². The van der Waals surface area contributed by atoms with Gasteiger partial charge >= 0.3 is 6.36 Å². The number of halogens is 3. The van der Waals surface area contributed by atoms with E-state index in [0.717, 1.165) is 51.2 Å². The molecule has 2 aliphatic rings. The monoisotopic (exact) mass is 358 g/mol. The van der Waals surface area contributed by atoms with Crippen LogP contribution in [-0.2, 0) is 11.3 Å². The van der Waals surface area contributed by atoms with E-state index in [-0.39, 0.29) is 11.2 Å². The predicted molar refractivity (Wildman–Crippen MR) is 88.3 cm³/mol. The summed E-state index contributed by atoms with van der Waals surface area (Å²) in [5.41, 5.74) is 1.09. The zero-order valence-corrected chi connectivity index (χ0v) is 14.4. The topological polar surface area (TPSA) is 33.7 Å². The van der Waals surface area contributed by atoms with Gasteiger partial charge in [-0.3, -0.25) is 4.90 Å². The van der Waals surface area contributed by atoms with Crippen LogP contribution in [-0.4, -0.2) is 51.2 Å². The fourth-order valence-corrected chi connectivity index (χ4v) is 4.29. The van der Waals surface area contributed by atoms with Crippen LogP contribution in [0.25, 0.3) is 0 Å². The number of hydrogen-bond acceptors (Lipinski definition) is 4. The third-order valence-electron chi connectivity index (χ3n) is 5.39. The highest BCUT2D eigenvalue weighted by Gasteiger charge is 2.46. The highest BCUT2D eigenvalue weighted by Crippen LogP contribution is 2.44. The fraction of sp³-hybridized carbons (Fsp3) is 0.667. The molecular weight excluding hydrogens is 333 g/mol. The van der Waals surface area contributed by atoms with E-state index >= 15 is 0 Å². The van der Waals surface area contributed by atoms with Crippen molar-refractivity contribution in [3.63, 3.8) is 0 Å². The Morgan fingerprint density at radius 3 is 2.72 bits per heavy atom. The second-order valence-corrected chi connectivity index (χ2v) is 7.13. The Labute approximate surface area is 146 Å². The van der Waals surface area contributed by atoms with Crippen LogP contribution in [0, 0.1) is 11.3 Å². The summed E-state index contributed by atoms with van der Waals surface area (Å²) >= 11 is 0. The van der Waals surface area contributed by atoms with Gasteiger partial charge in [0.15, 0.2) is 0 Å². The number of rotatable bonds is 5. The minimum atomic E-state index is -4.66. The Morgan fingerprint density at radius 1 is 1.28 bits per heavy atom. The number of nitrogens with zero attached hydrogens (tertiary/aromatic N) is 1. The summed E-state index contributed by atoms with van der Waals surface area (Å²) in [5.74, 6) is 0.309. The smallest absolute Gasteiger partial charge is 0.406 e. The Hall–Kier alpha value is -1.31. The van der Waals surface area contributed by atoms with Crippen LogP contribution in [0.4, 0.5) is 13.2 Å². The number of methoxy groups -OCH3 is 1. The molecule has 0 aliphatic carbocycles. The van der Waals surface area contributed by atoms with E-state index in [1.807, 2.05) is 6.07 Å². The number of hydrogen-bond donors (Lipinski definition) is 1. The van der Waals surface area contributed by atoms with Crippen molar-refractivity contribution in [2.45, 2.75) is 25.7 Å². The molecule has 1 spiro atoms. The molecule has 0 bridgehead atoms. The first kappa shape index (κ1) is 18.5. The van der Waals surface area contributed by atoms with Gasteiger partial charge in [0.05, 0.1) is 6.61 Å². The van der Waals surface area contributed by atoms with Crippen molar-refractivity contribution < 1.29 is 22.6 Å². The van der Waals surface area contributed by atoms with Crippen molar-refractivity contribution in [2.24, 2.45) is 11.3 Å². The zero-order chi connectivity index (χ0) is 17.9.